The Labute approximate surface area is 206 Å². The van der Waals surface area contributed by atoms with Crippen LogP contribution in [0.5, 0.6) is 0 Å². The predicted molar refractivity (Wildman–Crippen MR) is 141 cm³/mol. The summed E-state index contributed by atoms with van der Waals surface area (Å²) < 4.78 is 24.1. The van der Waals surface area contributed by atoms with Crippen molar-refractivity contribution in [1.29, 1.82) is 0 Å². The molecule has 0 aromatic heterocycles. The highest BCUT2D eigenvalue weighted by molar-refractivity contribution is 6.74. The highest BCUT2D eigenvalue weighted by atomic mass is 28.4. The summed E-state index contributed by atoms with van der Waals surface area (Å²) in [6.07, 6.45) is -0.391. The minimum Gasteiger partial charge on any atom is -0.482 e. The van der Waals surface area contributed by atoms with Crippen molar-refractivity contribution in [3.63, 3.8) is 0 Å². The van der Waals surface area contributed by atoms with Crippen molar-refractivity contribution < 1.29 is 18.6 Å². The van der Waals surface area contributed by atoms with Gasteiger partial charge in [-0.05, 0) is 29.3 Å². The maximum atomic E-state index is 6.61. The van der Waals surface area contributed by atoms with Crippen molar-refractivity contribution in [1.82, 2.24) is 0 Å². The topological polar surface area (TPSA) is 36.9 Å². The molecule has 0 heterocycles. The van der Waals surface area contributed by atoms with E-state index in [1.807, 2.05) is 60.7 Å². The molecule has 5 heteroatoms. The minimum atomic E-state index is -2.08. The van der Waals surface area contributed by atoms with Crippen LogP contribution in [0.15, 0.2) is 78.7 Å². The van der Waals surface area contributed by atoms with Gasteiger partial charge in [0.15, 0.2) is 14.1 Å². The highest BCUT2D eigenvalue weighted by Crippen LogP contribution is 2.38. The van der Waals surface area contributed by atoms with Gasteiger partial charge in [-0.15, -0.1) is 0 Å². The van der Waals surface area contributed by atoms with Gasteiger partial charge in [-0.25, -0.2) is 0 Å². The monoisotopic (exact) mass is 478 g/mol. The average Bonchev–Trinajstić information content (AvgIpc) is 2.81. The Morgan fingerprint density at radius 1 is 0.853 bits per heavy atom. The largest absolute Gasteiger partial charge is 0.482 e. The number of hydrogen-bond donors (Lipinski definition) is 0. The zero-order chi connectivity index (χ0) is 24.9. The summed E-state index contributed by atoms with van der Waals surface area (Å²) in [7, 11) is -2.08. The molecule has 1 atom stereocenters. The Hall–Kier alpha value is -2.58. The fourth-order valence-corrected chi connectivity index (χ4v) is 4.04. The number of rotatable bonds is 12. The van der Waals surface area contributed by atoms with Crippen LogP contribution in [0.1, 0.15) is 31.9 Å². The molecule has 0 radical (unpaired) electrons. The van der Waals surface area contributed by atoms with E-state index in [2.05, 4.69) is 58.0 Å². The SMILES string of the molecule is C=C=C(OCc1ccccc1)C(COCC#CCOCc1ccccc1)O[Si](C)(C)C(C)(C)C. The number of ether oxygens (including phenoxy) is 3. The Bertz CT molecular complexity index is 962. The van der Waals surface area contributed by atoms with E-state index in [1.54, 1.807) is 0 Å². The molecule has 2 aromatic carbocycles. The molecule has 4 nitrogen and oxygen atoms in total. The van der Waals surface area contributed by atoms with Crippen LogP contribution in [0.3, 0.4) is 0 Å². The zero-order valence-electron chi connectivity index (χ0n) is 21.2. The standard InChI is InChI=1S/C29H38O4Si/c1-7-27(32-23-26-18-12-9-13-19-26)28(33-34(5,6)29(2,3)4)24-31-21-15-14-20-30-22-25-16-10-8-11-17-25/h8-13,16-19,28H,1,20-24H2,2-6H3. The highest BCUT2D eigenvalue weighted by Gasteiger charge is 2.40. The summed E-state index contributed by atoms with van der Waals surface area (Å²) in [5.41, 5.74) is 5.14. The van der Waals surface area contributed by atoms with Gasteiger partial charge in [0.1, 0.15) is 25.9 Å². The minimum absolute atomic E-state index is 0.0485. The Balaban J connectivity index is 1.90. The zero-order valence-corrected chi connectivity index (χ0v) is 22.2. The van der Waals surface area contributed by atoms with Gasteiger partial charge in [0.05, 0.1) is 13.2 Å². The van der Waals surface area contributed by atoms with Crippen LogP contribution < -0.4 is 0 Å². The molecule has 2 rings (SSSR count). The van der Waals surface area contributed by atoms with Crippen molar-refractivity contribution in [2.45, 2.75) is 58.2 Å². The summed E-state index contributed by atoms with van der Waals surface area (Å²) in [6.45, 7) is 16.8. The van der Waals surface area contributed by atoms with Crippen LogP contribution in [-0.4, -0.2) is 34.2 Å². The van der Waals surface area contributed by atoms with Crippen LogP contribution in [-0.2, 0) is 31.9 Å². The molecule has 0 saturated heterocycles. The van der Waals surface area contributed by atoms with E-state index in [9.17, 15) is 0 Å². The molecule has 0 bridgehead atoms. The van der Waals surface area contributed by atoms with Gasteiger partial charge < -0.3 is 18.6 Å². The summed E-state index contributed by atoms with van der Waals surface area (Å²) in [5, 5.41) is 0.0485. The molecular weight excluding hydrogens is 440 g/mol. The maximum Gasteiger partial charge on any atom is 0.193 e. The van der Waals surface area contributed by atoms with Crippen molar-refractivity contribution in [3.8, 4) is 11.8 Å². The number of hydrogen-bond acceptors (Lipinski definition) is 4. The van der Waals surface area contributed by atoms with Crippen molar-refractivity contribution >= 4 is 8.32 Å². The molecule has 0 fully saturated rings. The van der Waals surface area contributed by atoms with E-state index in [0.717, 1.165) is 11.1 Å². The van der Waals surface area contributed by atoms with E-state index in [1.165, 1.54) is 0 Å². The number of benzene rings is 2. The van der Waals surface area contributed by atoms with E-state index >= 15 is 0 Å². The fourth-order valence-electron chi connectivity index (χ4n) is 2.80. The molecule has 0 saturated carbocycles. The lowest BCUT2D eigenvalue weighted by Gasteiger charge is -2.39. The van der Waals surface area contributed by atoms with Crippen molar-refractivity contribution in [2.75, 3.05) is 19.8 Å². The second kappa shape index (κ2) is 14.0. The quantitative estimate of drug-likeness (QED) is 0.115. The third-order valence-corrected chi connectivity index (χ3v) is 10.3. The van der Waals surface area contributed by atoms with Crippen LogP contribution >= 0.6 is 0 Å². The molecule has 34 heavy (non-hydrogen) atoms. The molecule has 1 unspecified atom stereocenters. The van der Waals surface area contributed by atoms with Crippen LogP contribution in [0, 0.1) is 11.8 Å². The lowest BCUT2D eigenvalue weighted by atomic mass is 10.2. The van der Waals surface area contributed by atoms with Gasteiger partial charge in [-0.2, -0.15) is 0 Å². The normalized spacial score (nSPS) is 12.3. The molecule has 182 valence electrons. The Morgan fingerprint density at radius 3 is 1.91 bits per heavy atom. The second-order valence-electron chi connectivity index (χ2n) is 9.53. The molecule has 0 amide bonds. The van der Waals surface area contributed by atoms with Gasteiger partial charge in [-0.1, -0.05) is 106 Å². The first-order chi connectivity index (χ1) is 16.2. The summed E-state index contributed by atoms with van der Waals surface area (Å²) >= 11 is 0. The second-order valence-corrected chi connectivity index (χ2v) is 14.3. The molecule has 0 aliphatic carbocycles. The first kappa shape index (κ1) is 27.7. The van der Waals surface area contributed by atoms with Gasteiger partial charge in [-0.3, -0.25) is 0 Å². The first-order valence-electron chi connectivity index (χ1n) is 11.6. The van der Waals surface area contributed by atoms with Crippen molar-refractivity contribution in [2.24, 2.45) is 0 Å². The molecule has 0 aliphatic rings. The summed E-state index contributed by atoms with van der Waals surface area (Å²) in [4.78, 5) is 0. The third kappa shape index (κ3) is 9.73. The molecule has 0 spiro atoms. The predicted octanol–water partition coefficient (Wildman–Crippen LogP) is 6.50. The molecular formula is C29H38O4Si. The average molecular weight is 479 g/mol. The van der Waals surface area contributed by atoms with Crippen molar-refractivity contribution in [3.05, 3.63) is 89.9 Å². The Morgan fingerprint density at radius 2 is 1.38 bits per heavy atom. The third-order valence-electron chi connectivity index (χ3n) is 5.80. The summed E-state index contributed by atoms with van der Waals surface area (Å²) in [5.74, 6) is 6.57. The maximum absolute atomic E-state index is 6.61. The van der Waals surface area contributed by atoms with E-state index in [4.69, 9.17) is 18.6 Å². The molecule has 0 aliphatic heterocycles. The van der Waals surface area contributed by atoms with Crippen LogP contribution in [0.2, 0.25) is 18.1 Å². The van der Waals surface area contributed by atoms with Crippen LogP contribution in [0.25, 0.3) is 0 Å². The lowest BCUT2D eigenvalue weighted by Crippen LogP contribution is -2.45. The summed E-state index contributed by atoms with van der Waals surface area (Å²) in [6, 6.07) is 20.1. The van der Waals surface area contributed by atoms with Gasteiger partial charge in [0.2, 0.25) is 0 Å². The molecule has 2 aromatic rings. The fraction of sp³-hybridized carbons (Fsp3) is 0.414. The van der Waals surface area contributed by atoms with E-state index < -0.39 is 14.4 Å². The van der Waals surface area contributed by atoms with Gasteiger partial charge in [0, 0.05) is 0 Å². The van der Waals surface area contributed by atoms with E-state index in [0.29, 0.717) is 32.2 Å². The smallest absolute Gasteiger partial charge is 0.193 e. The van der Waals surface area contributed by atoms with Gasteiger partial charge in [0.25, 0.3) is 0 Å². The first-order valence-corrected chi connectivity index (χ1v) is 14.5. The lowest BCUT2D eigenvalue weighted by molar-refractivity contribution is 0.0336. The van der Waals surface area contributed by atoms with E-state index in [-0.39, 0.29) is 11.6 Å². The Kier molecular flexibility index (Phi) is 11.4. The molecule has 0 N–H and O–H groups in total. The van der Waals surface area contributed by atoms with Gasteiger partial charge >= 0.3 is 0 Å². The van der Waals surface area contributed by atoms with Crippen LogP contribution in [0.4, 0.5) is 0 Å².